The highest BCUT2D eigenvalue weighted by Crippen LogP contribution is 2.29. The summed E-state index contributed by atoms with van der Waals surface area (Å²) in [5.74, 6) is 2.35. The predicted molar refractivity (Wildman–Crippen MR) is 123 cm³/mol. The second kappa shape index (κ2) is 9.11. The molecule has 1 unspecified atom stereocenters. The summed E-state index contributed by atoms with van der Waals surface area (Å²) in [6.07, 6.45) is 0.0229. The number of rotatable bonds is 6. The highest BCUT2D eigenvalue weighted by atomic mass is 32.2. The topological polar surface area (TPSA) is 64.8 Å². The van der Waals surface area contributed by atoms with E-state index in [2.05, 4.69) is 55.8 Å². The first kappa shape index (κ1) is 20.1. The van der Waals surface area contributed by atoms with Gasteiger partial charge in [0.2, 0.25) is 11.8 Å². The molecule has 0 bridgehead atoms. The molecule has 31 heavy (non-hydrogen) atoms. The minimum atomic E-state index is 0.0229. The van der Waals surface area contributed by atoms with Crippen molar-refractivity contribution in [1.29, 1.82) is 0 Å². The Morgan fingerprint density at radius 2 is 1.87 bits per heavy atom. The number of ether oxygens (including phenoxy) is 2. The molecule has 1 fully saturated rings. The summed E-state index contributed by atoms with van der Waals surface area (Å²) in [6, 6.07) is 18.5. The number of hydrogen-bond donors (Lipinski definition) is 0. The van der Waals surface area contributed by atoms with E-state index in [1.54, 1.807) is 11.8 Å². The SMILES string of the molecule is Cc1cccc(-n2c(SCC3CN=C(c4ccccc4)O3)nnc2N2CCOCC2)c1. The molecule has 3 heterocycles. The van der Waals surface area contributed by atoms with Gasteiger partial charge in [0, 0.05) is 24.4 Å². The number of benzene rings is 2. The molecule has 2 aromatic carbocycles. The Labute approximate surface area is 186 Å². The molecule has 0 radical (unpaired) electrons. The molecule has 7 nitrogen and oxygen atoms in total. The lowest BCUT2D eigenvalue weighted by Gasteiger charge is -2.28. The van der Waals surface area contributed by atoms with Crippen molar-refractivity contribution in [1.82, 2.24) is 14.8 Å². The Kier molecular flexibility index (Phi) is 5.90. The van der Waals surface area contributed by atoms with Gasteiger partial charge < -0.3 is 14.4 Å². The van der Waals surface area contributed by atoms with Crippen LogP contribution in [0.4, 0.5) is 5.95 Å². The number of nitrogens with zero attached hydrogens (tertiary/aromatic N) is 5. The van der Waals surface area contributed by atoms with Crippen molar-refractivity contribution in [2.24, 2.45) is 4.99 Å². The van der Waals surface area contributed by atoms with Gasteiger partial charge in [-0.3, -0.25) is 4.57 Å². The predicted octanol–water partition coefficient (Wildman–Crippen LogP) is 3.35. The van der Waals surface area contributed by atoms with Gasteiger partial charge in [-0.2, -0.15) is 0 Å². The molecular formula is C23H25N5O2S. The fourth-order valence-corrected chi connectivity index (χ4v) is 4.65. The van der Waals surface area contributed by atoms with Crippen molar-refractivity contribution in [3.8, 4) is 5.69 Å². The molecule has 0 saturated carbocycles. The molecular weight excluding hydrogens is 410 g/mol. The minimum absolute atomic E-state index is 0.0229. The summed E-state index contributed by atoms with van der Waals surface area (Å²) >= 11 is 1.66. The fourth-order valence-electron chi connectivity index (χ4n) is 3.73. The van der Waals surface area contributed by atoms with Crippen LogP contribution in [0.2, 0.25) is 0 Å². The van der Waals surface area contributed by atoms with Gasteiger partial charge in [0.25, 0.3) is 0 Å². The highest BCUT2D eigenvalue weighted by Gasteiger charge is 2.25. The first-order valence-electron chi connectivity index (χ1n) is 10.5. The van der Waals surface area contributed by atoms with E-state index in [-0.39, 0.29) is 6.10 Å². The Hall–Kier alpha value is -2.84. The normalized spacial score (nSPS) is 18.7. The Bertz CT molecular complexity index is 1060. The average molecular weight is 436 g/mol. The summed E-state index contributed by atoms with van der Waals surface area (Å²) in [5.41, 5.74) is 3.30. The smallest absolute Gasteiger partial charge is 0.232 e. The van der Waals surface area contributed by atoms with Crippen LogP contribution in [-0.4, -0.2) is 65.4 Å². The van der Waals surface area contributed by atoms with Gasteiger partial charge in [0.15, 0.2) is 5.16 Å². The number of aromatic nitrogens is 3. The zero-order valence-electron chi connectivity index (χ0n) is 17.5. The maximum atomic E-state index is 6.10. The van der Waals surface area contributed by atoms with Crippen molar-refractivity contribution >= 4 is 23.6 Å². The monoisotopic (exact) mass is 435 g/mol. The number of morpholine rings is 1. The second-order valence-corrected chi connectivity index (χ2v) is 8.61. The van der Waals surface area contributed by atoms with Gasteiger partial charge in [0.05, 0.1) is 25.4 Å². The van der Waals surface area contributed by atoms with Crippen LogP contribution >= 0.6 is 11.8 Å². The molecule has 2 aliphatic rings. The van der Waals surface area contributed by atoms with Crippen LogP contribution in [0, 0.1) is 6.92 Å². The zero-order chi connectivity index (χ0) is 21.0. The molecule has 160 valence electrons. The van der Waals surface area contributed by atoms with Crippen LogP contribution < -0.4 is 4.90 Å². The third-order valence-electron chi connectivity index (χ3n) is 5.31. The van der Waals surface area contributed by atoms with E-state index in [0.29, 0.717) is 19.8 Å². The summed E-state index contributed by atoms with van der Waals surface area (Å²) in [6.45, 7) is 5.80. The lowest BCUT2D eigenvalue weighted by molar-refractivity contribution is 0.122. The van der Waals surface area contributed by atoms with Gasteiger partial charge in [-0.15, -0.1) is 10.2 Å². The molecule has 8 heteroatoms. The number of thioether (sulfide) groups is 1. The maximum Gasteiger partial charge on any atom is 0.232 e. The molecule has 0 aliphatic carbocycles. The molecule has 0 N–H and O–H groups in total. The van der Waals surface area contributed by atoms with Gasteiger partial charge >= 0.3 is 0 Å². The quantitative estimate of drug-likeness (QED) is 0.554. The number of aliphatic imine (C=N–C) groups is 1. The van der Waals surface area contributed by atoms with Crippen molar-refractivity contribution in [2.75, 3.05) is 43.5 Å². The zero-order valence-corrected chi connectivity index (χ0v) is 18.3. The minimum Gasteiger partial charge on any atom is -0.471 e. The van der Waals surface area contributed by atoms with Crippen LogP contribution in [-0.2, 0) is 9.47 Å². The number of aryl methyl sites for hydroxylation is 1. The summed E-state index contributed by atoms with van der Waals surface area (Å²) in [7, 11) is 0. The first-order valence-corrected chi connectivity index (χ1v) is 11.5. The standard InChI is InChI=1S/C23H25N5O2S/c1-17-6-5-9-19(14-17)28-22(27-10-12-29-13-11-27)25-26-23(28)31-16-20-15-24-21(30-20)18-7-3-2-4-8-18/h2-9,14,20H,10-13,15-16H2,1H3. The van der Waals surface area contributed by atoms with E-state index in [1.165, 1.54) is 5.56 Å². The van der Waals surface area contributed by atoms with Gasteiger partial charge in [-0.05, 0) is 36.8 Å². The maximum absolute atomic E-state index is 6.10. The van der Waals surface area contributed by atoms with Gasteiger partial charge in [-0.25, -0.2) is 4.99 Å². The van der Waals surface area contributed by atoms with E-state index < -0.39 is 0 Å². The molecule has 3 aromatic rings. The largest absolute Gasteiger partial charge is 0.471 e. The van der Waals surface area contributed by atoms with Crippen molar-refractivity contribution in [3.63, 3.8) is 0 Å². The van der Waals surface area contributed by atoms with Crippen LogP contribution in [0.15, 0.2) is 64.7 Å². The van der Waals surface area contributed by atoms with Gasteiger partial charge in [-0.1, -0.05) is 42.1 Å². The van der Waals surface area contributed by atoms with Gasteiger partial charge in [0.1, 0.15) is 6.10 Å². The highest BCUT2D eigenvalue weighted by molar-refractivity contribution is 7.99. The van der Waals surface area contributed by atoms with Crippen molar-refractivity contribution < 1.29 is 9.47 Å². The molecule has 2 aliphatic heterocycles. The van der Waals surface area contributed by atoms with E-state index in [1.807, 2.05) is 30.3 Å². The molecule has 1 saturated heterocycles. The second-order valence-electron chi connectivity index (χ2n) is 7.62. The lowest BCUT2D eigenvalue weighted by Crippen LogP contribution is -2.37. The molecule has 1 atom stereocenters. The average Bonchev–Trinajstić information content (AvgIpc) is 3.46. The number of hydrogen-bond acceptors (Lipinski definition) is 7. The summed E-state index contributed by atoms with van der Waals surface area (Å²) in [4.78, 5) is 6.83. The van der Waals surface area contributed by atoms with Crippen molar-refractivity contribution in [2.45, 2.75) is 18.2 Å². The van der Waals surface area contributed by atoms with E-state index in [0.717, 1.165) is 47.1 Å². The Balaban J connectivity index is 1.34. The van der Waals surface area contributed by atoms with Crippen LogP contribution in [0.5, 0.6) is 0 Å². The molecule has 0 spiro atoms. The number of anilines is 1. The molecule has 0 amide bonds. The van der Waals surface area contributed by atoms with Crippen molar-refractivity contribution in [3.05, 3.63) is 65.7 Å². The van der Waals surface area contributed by atoms with Crippen LogP contribution in [0.1, 0.15) is 11.1 Å². The first-order chi connectivity index (χ1) is 15.3. The summed E-state index contributed by atoms with van der Waals surface area (Å²) in [5, 5.41) is 9.95. The Morgan fingerprint density at radius 1 is 1.03 bits per heavy atom. The van der Waals surface area contributed by atoms with Crippen LogP contribution in [0.3, 0.4) is 0 Å². The lowest BCUT2D eigenvalue weighted by atomic mass is 10.2. The molecule has 1 aromatic heterocycles. The molecule has 5 rings (SSSR count). The van der Waals surface area contributed by atoms with Crippen LogP contribution in [0.25, 0.3) is 5.69 Å². The van der Waals surface area contributed by atoms with E-state index in [4.69, 9.17) is 9.47 Å². The fraction of sp³-hybridized carbons (Fsp3) is 0.348. The van der Waals surface area contributed by atoms with E-state index in [9.17, 15) is 0 Å². The summed E-state index contributed by atoms with van der Waals surface area (Å²) < 4.78 is 13.8. The third-order valence-corrected chi connectivity index (χ3v) is 6.37. The Morgan fingerprint density at radius 3 is 2.68 bits per heavy atom. The third kappa shape index (κ3) is 4.45. The van der Waals surface area contributed by atoms with E-state index >= 15 is 0 Å².